The van der Waals surface area contributed by atoms with Gasteiger partial charge in [-0.3, -0.25) is 10.1 Å². The van der Waals surface area contributed by atoms with Crippen molar-refractivity contribution < 1.29 is 24.6 Å². The fraction of sp³-hybridized carbons (Fsp3) is 0.333. The minimum atomic E-state index is -1.83. The standard InChI is InChI=1S/C9H9FN4O5/c10-4-1-5(8(16)6(2-4)14(18)19)9(17)7(15)3-12-13-11/h1-2,7,9,15-17H,3H2. The van der Waals surface area contributed by atoms with Crippen molar-refractivity contribution >= 4 is 5.69 Å². The number of aromatic hydroxyl groups is 1. The zero-order chi connectivity index (χ0) is 14.6. The molecule has 2 atom stereocenters. The van der Waals surface area contributed by atoms with E-state index in [4.69, 9.17) is 5.53 Å². The SMILES string of the molecule is [N-]=[N+]=NCC(O)C(O)c1cc(F)cc([N+](=O)[O-])c1O. The maximum Gasteiger partial charge on any atom is 0.314 e. The molecule has 0 saturated heterocycles. The summed E-state index contributed by atoms with van der Waals surface area (Å²) in [5.41, 5.74) is 6.55. The van der Waals surface area contributed by atoms with Gasteiger partial charge in [0.2, 0.25) is 5.75 Å². The van der Waals surface area contributed by atoms with Crippen LogP contribution in [0.15, 0.2) is 17.2 Å². The Balaban J connectivity index is 3.19. The highest BCUT2D eigenvalue weighted by molar-refractivity contribution is 5.52. The van der Waals surface area contributed by atoms with Crippen LogP contribution >= 0.6 is 0 Å². The van der Waals surface area contributed by atoms with E-state index in [1.807, 2.05) is 0 Å². The Morgan fingerprint density at radius 1 is 1.53 bits per heavy atom. The van der Waals surface area contributed by atoms with Crippen molar-refractivity contribution in [2.45, 2.75) is 12.2 Å². The molecule has 0 aliphatic heterocycles. The number of benzene rings is 1. The van der Waals surface area contributed by atoms with E-state index in [1.54, 1.807) is 0 Å². The quantitative estimate of drug-likeness (QED) is 0.241. The third-order valence-electron chi connectivity index (χ3n) is 2.30. The lowest BCUT2D eigenvalue weighted by molar-refractivity contribution is -0.386. The molecule has 10 heteroatoms. The lowest BCUT2D eigenvalue weighted by Gasteiger charge is -2.17. The van der Waals surface area contributed by atoms with Crippen LogP contribution in [0.3, 0.4) is 0 Å². The molecule has 0 bridgehead atoms. The van der Waals surface area contributed by atoms with Crippen LogP contribution in [-0.2, 0) is 0 Å². The van der Waals surface area contributed by atoms with E-state index in [9.17, 15) is 29.8 Å². The van der Waals surface area contributed by atoms with Gasteiger partial charge < -0.3 is 15.3 Å². The van der Waals surface area contributed by atoms with Crippen LogP contribution < -0.4 is 0 Å². The molecule has 0 aliphatic carbocycles. The molecule has 0 amide bonds. The summed E-state index contributed by atoms with van der Waals surface area (Å²) in [6, 6.07) is 1.12. The number of halogens is 1. The molecular formula is C9H9FN4O5. The molecule has 0 saturated carbocycles. The van der Waals surface area contributed by atoms with Gasteiger partial charge >= 0.3 is 5.69 Å². The summed E-state index contributed by atoms with van der Waals surface area (Å²) >= 11 is 0. The number of hydrogen-bond donors (Lipinski definition) is 3. The van der Waals surface area contributed by atoms with Crippen LogP contribution in [0.25, 0.3) is 10.4 Å². The molecule has 0 heterocycles. The number of azide groups is 1. The minimum Gasteiger partial charge on any atom is -0.502 e. The van der Waals surface area contributed by atoms with Gasteiger partial charge in [-0.1, -0.05) is 5.11 Å². The van der Waals surface area contributed by atoms with Gasteiger partial charge in [-0.05, 0) is 11.6 Å². The monoisotopic (exact) mass is 272 g/mol. The smallest absolute Gasteiger partial charge is 0.314 e. The highest BCUT2D eigenvalue weighted by Crippen LogP contribution is 2.35. The number of phenolic OH excluding ortho intramolecular Hbond substituents is 1. The molecule has 0 aliphatic rings. The highest BCUT2D eigenvalue weighted by Gasteiger charge is 2.27. The molecule has 1 aromatic carbocycles. The van der Waals surface area contributed by atoms with Crippen molar-refractivity contribution in [2.24, 2.45) is 5.11 Å². The van der Waals surface area contributed by atoms with Crippen molar-refractivity contribution in [1.29, 1.82) is 0 Å². The maximum atomic E-state index is 13.2. The second-order valence-electron chi connectivity index (χ2n) is 3.55. The number of nitro benzene ring substituents is 1. The van der Waals surface area contributed by atoms with Gasteiger partial charge in [-0.25, -0.2) is 4.39 Å². The molecule has 19 heavy (non-hydrogen) atoms. The van der Waals surface area contributed by atoms with Crippen molar-refractivity contribution in [3.8, 4) is 5.75 Å². The summed E-state index contributed by atoms with van der Waals surface area (Å²) in [6.07, 6.45) is -3.47. The average molecular weight is 272 g/mol. The van der Waals surface area contributed by atoms with E-state index < -0.39 is 46.5 Å². The van der Waals surface area contributed by atoms with Crippen LogP contribution in [0.4, 0.5) is 10.1 Å². The Bertz CT molecular complexity index is 546. The molecule has 1 rings (SSSR count). The number of aliphatic hydroxyl groups is 2. The topological polar surface area (TPSA) is 153 Å². The number of aliphatic hydroxyl groups excluding tert-OH is 2. The number of phenols is 1. The van der Waals surface area contributed by atoms with E-state index in [-0.39, 0.29) is 0 Å². The lowest BCUT2D eigenvalue weighted by atomic mass is 10.0. The van der Waals surface area contributed by atoms with Crippen LogP contribution in [0, 0.1) is 15.9 Å². The zero-order valence-corrected chi connectivity index (χ0v) is 9.34. The van der Waals surface area contributed by atoms with E-state index in [0.29, 0.717) is 12.1 Å². The molecule has 3 N–H and O–H groups in total. The van der Waals surface area contributed by atoms with E-state index in [2.05, 4.69) is 10.0 Å². The Morgan fingerprint density at radius 3 is 2.68 bits per heavy atom. The predicted octanol–water partition coefficient (Wildman–Crippen LogP) is 1.14. The summed E-state index contributed by atoms with van der Waals surface area (Å²) in [6.45, 7) is -0.540. The second-order valence-corrected chi connectivity index (χ2v) is 3.55. The van der Waals surface area contributed by atoms with Gasteiger partial charge in [-0.15, -0.1) is 0 Å². The van der Waals surface area contributed by atoms with Gasteiger partial charge in [0.1, 0.15) is 11.9 Å². The molecule has 9 nitrogen and oxygen atoms in total. The largest absolute Gasteiger partial charge is 0.502 e. The molecule has 0 spiro atoms. The number of hydrogen-bond acceptors (Lipinski definition) is 6. The van der Waals surface area contributed by atoms with Crippen LogP contribution in [0.1, 0.15) is 11.7 Å². The first-order chi connectivity index (χ1) is 8.88. The summed E-state index contributed by atoms with van der Waals surface area (Å²) < 4.78 is 13.2. The van der Waals surface area contributed by atoms with Crippen molar-refractivity contribution in [3.05, 3.63) is 44.1 Å². The fourth-order valence-electron chi connectivity index (χ4n) is 1.40. The fourth-order valence-corrected chi connectivity index (χ4v) is 1.40. The Morgan fingerprint density at radius 2 is 2.16 bits per heavy atom. The van der Waals surface area contributed by atoms with Gasteiger partial charge in [0.25, 0.3) is 0 Å². The van der Waals surface area contributed by atoms with Crippen molar-refractivity contribution in [3.63, 3.8) is 0 Å². The van der Waals surface area contributed by atoms with E-state index in [0.717, 1.165) is 0 Å². The Kier molecular flexibility index (Phi) is 4.59. The summed E-state index contributed by atoms with van der Waals surface area (Å²) in [5.74, 6) is -2.02. The first kappa shape index (κ1) is 14.6. The van der Waals surface area contributed by atoms with Crippen LogP contribution in [-0.4, -0.2) is 32.9 Å². The first-order valence-electron chi connectivity index (χ1n) is 4.92. The normalized spacial score (nSPS) is 13.4. The number of nitro groups is 1. The van der Waals surface area contributed by atoms with E-state index in [1.165, 1.54) is 0 Å². The van der Waals surface area contributed by atoms with Crippen molar-refractivity contribution in [1.82, 2.24) is 0 Å². The molecule has 0 radical (unpaired) electrons. The van der Waals surface area contributed by atoms with Gasteiger partial charge in [0, 0.05) is 10.5 Å². The highest BCUT2D eigenvalue weighted by atomic mass is 19.1. The third-order valence-corrected chi connectivity index (χ3v) is 2.30. The molecule has 1 aromatic rings. The van der Waals surface area contributed by atoms with Gasteiger partial charge in [-0.2, -0.15) is 0 Å². The van der Waals surface area contributed by atoms with E-state index >= 15 is 0 Å². The third kappa shape index (κ3) is 3.28. The van der Waals surface area contributed by atoms with Crippen molar-refractivity contribution in [2.75, 3.05) is 6.54 Å². The first-order valence-corrected chi connectivity index (χ1v) is 4.92. The predicted molar refractivity (Wildman–Crippen MR) is 59.7 cm³/mol. The van der Waals surface area contributed by atoms with Gasteiger partial charge in [0.15, 0.2) is 0 Å². The lowest BCUT2D eigenvalue weighted by Crippen LogP contribution is -2.21. The number of nitrogens with zero attached hydrogens (tertiary/aromatic N) is 4. The summed E-state index contributed by atoms with van der Waals surface area (Å²) in [4.78, 5) is 11.9. The minimum absolute atomic E-state index is 0.478. The van der Waals surface area contributed by atoms with Crippen LogP contribution in [0.2, 0.25) is 0 Å². The zero-order valence-electron chi connectivity index (χ0n) is 9.34. The molecular weight excluding hydrogens is 263 g/mol. The second kappa shape index (κ2) is 5.96. The Hall–Kier alpha value is -2.42. The molecule has 102 valence electrons. The van der Waals surface area contributed by atoms with Gasteiger partial charge in [0.05, 0.1) is 23.6 Å². The summed E-state index contributed by atoms with van der Waals surface area (Å²) in [5, 5.41) is 42.2. The molecule has 2 unspecified atom stereocenters. The number of rotatable bonds is 5. The summed E-state index contributed by atoms with van der Waals surface area (Å²) in [7, 11) is 0. The molecule has 0 aromatic heterocycles. The average Bonchev–Trinajstić information content (AvgIpc) is 2.37. The van der Waals surface area contributed by atoms with Crippen LogP contribution in [0.5, 0.6) is 5.75 Å². The molecule has 0 fully saturated rings. The maximum absolute atomic E-state index is 13.2. The Labute approximate surface area is 105 Å².